The van der Waals surface area contributed by atoms with Crippen LogP contribution in [0.3, 0.4) is 0 Å². The van der Waals surface area contributed by atoms with E-state index in [2.05, 4.69) is 20.2 Å². The standard InChI is InChI=1S/C21H23N5O3/c1-28-20-13-15(3-4-18(20)26-8-10-29-11-9-26)24-21-23-7-6-17(25-21)14-2-5-19(27)16(22)12-14/h2-7,12-13,27H,8-11,22H2,1H3,(H,23,24,25). The molecular weight excluding hydrogens is 370 g/mol. The van der Waals surface area contributed by atoms with Gasteiger partial charge in [-0.3, -0.25) is 0 Å². The predicted octanol–water partition coefficient (Wildman–Crippen LogP) is 3.02. The van der Waals surface area contributed by atoms with Crippen LogP contribution in [-0.2, 0) is 4.74 Å². The van der Waals surface area contributed by atoms with Crippen LogP contribution in [0, 0.1) is 0 Å². The first-order valence-electron chi connectivity index (χ1n) is 9.34. The summed E-state index contributed by atoms with van der Waals surface area (Å²) in [7, 11) is 1.66. The number of nitrogens with one attached hydrogen (secondary N) is 1. The van der Waals surface area contributed by atoms with Crippen molar-refractivity contribution in [1.29, 1.82) is 0 Å². The van der Waals surface area contributed by atoms with Crippen LogP contribution >= 0.6 is 0 Å². The molecule has 29 heavy (non-hydrogen) atoms. The SMILES string of the molecule is COc1cc(Nc2nccc(-c3ccc(O)c(N)c3)n2)ccc1N1CCOCC1. The monoisotopic (exact) mass is 393 g/mol. The Morgan fingerprint density at radius 3 is 2.72 bits per heavy atom. The van der Waals surface area contributed by atoms with Crippen LogP contribution in [-0.4, -0.2) is 48.5 Å². The largest absolute Gasteiger partial charge is 0.506 e. The first-order chi connectivity index (χ1) is 14.1. The van der Waals surface area contributed by atoms with Gasteiger partial charge in [0.2, 0.25) is 5.95 Å². The van der Waals surface area contributed by atoms with Gasteiger partial charge in [0.05, 0.1) is 37.4 Å². The van der Waals surface area contributed by atoms with E-state index in [1.165, 1.54) is 0 Å². The minimum absolute atomic E-state index is 0.0496. The molecule has 0 radical (unpaired) electrons. The predicted molar refractivity (Wildman–Crippen MR) is 113 cm³/mol. The topological polar surface area (TPSA) is 106 Å². The van der Waals surface area contributed by atoms with Gasteiger partial charge in [-0.25, -0.2) is 9.97 Å². The fourth-order valence-corrected chi connectivity index (χ4v) is 3.24. The van der Waals surface area contributed by atoms with Crippen molar-refractivity contribution in [2.24, 2.45) is 0 Å². The third kappa shape index (κ3) is 4.17. The number of phenols is 1. The first kappa shape index (κ1) is 18.8. The summed E-state index contributed by atoms with van der Waals surface area (Å²) in [4.78, 5) is 11.1. The van der Waals surface area contributed by atoms with Crippen molar-refractivity contribution < 1.29 is 14.6 Å². The molecule has 1 fully saturated rings. The lowest BCUT2D eigenvalue weighted by atomic mass is 10.1. The van der Waals surface area contributed by atoms with Crippen LogP contribution in [0.5, 0.6) is 11.5 Å². The van der Waals surface area contributed by atoms with Crippen LogP contribution in [0.25, 0.3) is 11.3 Å². The van der Waals surface area contributed by atoms with E-state index in [1.807, 2.05) is 18.2 Å². The fraction of sp³-hybridized carbons (Fsp3) is 0.238. The second kappa shape index (κ2) is 8.24. The summed E-state index contributed by atoms with van der Waals surface area (Å²) in [5.74, 6) is 1.28. The lowest BCUT2D eigenvalue weighted by Gasteiger charge is -2.30. The number of phenolic OH excluding ortho intramolecular Hbond substituents is 1. The van der Waals surface area contributed by atoms with E-state index in [4.69, 9.17) is 15.2 Å². The highest BCUT2D eigenvalue weighted by Gasteiger charge is 2.16. The molecule has 0 unspecified atom stereocenters. The number of nitrogens with two attached hydrogens (primary N) is 1. The van der Waals surface area contributed by atoms with Crippen molar-refractivity contribution in [2.45, 2.75) is 0 Å². The lowest BCUT2D eigenvalue weighted by molar-refractivity contribution is 0.122. The van der Waals surface area contributed by atoms with Gasteiger partial charge in [-0.15, -0.1) is 0 Å². The number of rotatable bonds is 5. The molecule has 0 bridgehead atoms. The number of nitrogen functional groups attached to an aromatic ring is 1. The van der Waals surface area contributed by atoms with Gasteiger partial charge in [-0.2, -0.15) is 0 Å². The molecule has 1 aliphatic rings. The van der Waals surface area contributed by atoms with E-state index in [1.54, 1.807) is 37.6 Å². The Hall–Kier alpha value is -3.52. The molecule has 4 N–H and O–H groups in total. The molecule has 2 aromatic carbocycles. The van der Waals surface area contributed by atoms with Crippen LogP contribution in [0.15, 0.2) is 48.7 Å². The maximum atomic E-state index is 9.61. The third-order valence-corrected chi connectivity index (χ3v) is 4.77. The molecule has 0 spiro atoms. The van der Waals surface area contributed by atoms with E-state index in [0.29, 0.717) is 30.5 Å². The Labute approximate surface area is 168 Å². The summed E-state index contributed by atoms with van der Waals surface area (Å²) < 4.78 is 11.0. The normalized spacial score (nSPS) is 13.9. The van der Waals surface area contributed by atoms with Crippen LogP contribution in [0.2, 0.25) is 0 Å². The number of aromatic hydroxyl groups is 1. The highest BCUT2D eigenvalue weighted by atomic mass is 16.5. The van der Waals surface area contributed by atoms with Crippen molar-refractivity contribution in [2.75, 3.05) is 49.4 Å². The Bertz CT molecular complexity index is 1010. The number of hydrogen-bond acceptors (Lipinski definition) is 8. The van der Waals surface area contributed by atoms with Crippen LogP contribution in [0.1, 0.15) is 0 Å². The number of methoxy groups -OCH3 is 1. The highest BCUT2D eigenvalue weighted by molar-refractivity contribution is 5.70. The second-order valence-electron chi connectivity index (χ2n) is 6.65. The fourth-order valence-electron chi connectivity index (χ4n) is 3.24. The van der Waals surface area contributed by atoms with Gasteiger partial charge in [0.15, 0.2) is 0 Å². The summed E-state index contributed by atoms with van der Waals surface area (Å²) in [6.45, 7) is 3.10. The molecule has 1 aliphatic heterocycles. The van der Waals surface area contributed by atoms with Gasteiger partial charge in [-0.1, -0.05) is 0 Å². The molecule has 1 aromatic heterocycles. The number of benzene rings is 2. The van der Waals surface area contributed by atoms with E-state index < -0.39 is 0 Å². The molecule has 150 valence electrons. The van der Waals surface area contributed by atoms with Gasteiger partial charge >= 0.3 is 0 Å². The number of nitrogens with zero attached hydrogens (tertiary/aromatic N) is 3. The van der Waals surface area contributed by atoms with Crippen molar-refractivity contribution in [3.63, 3.8) is 0 Å². The number of ether oxygens (including phenoxy) is 2. The maximum absolute atomic E-state index is 9.61. The van der Waals surface area contributed by atoms with Crippen molar-refractivity contribution in [3.05, 3.63) is 48.7 Å². The Balaban J connectivity index is 1.56. The van der Waals surface area contributed by atoms with Gasteiger partial charge in [0.25, 0.3) is 0 Å². The molecular formula is C21H23N5O3. The zero-order chi connectivity index (χ0) is 20.2. The smallest absolute Gasteiger partial charge is 0.227 e. The quantitative estimate of drug-likeness (QED) is 0.449. The van der Waals surface area contributed by atoms with Gasteiger partial charge in [0, 0.05) is 36.6 Å². The molecule has 8 heteroatoms. The summed E-state index contributed by atoms with van der Waals surface area (Å²) in [5, 5.41) is 12.8. The molecule has 0 aliphatic carbocycles. The molecule has 8 nitrogen and oxygen atoms in total. The average molecular weight is 393 g/mol. The first-order valence-corrected chi connectivity index (χ1v) is 9.34. The summed E-state index contributed by atoms with van der Waals surface area (Å²) in [6.07, 6.45) is 1.67. The second-order valence-corrected chi connectivity index (χ2v) is 6.65. The van der Waals surface area contributed by atoms with E-state index >= 15 is 0 Å². The van der Waals surface area contributed by atoms with Gasteiger partial charge in [0.1, 0.15) is 11.5 Å². The molecule has 0 atom stereocenters. The molecule has 4 rings (SSSR count). The minimum atomic E-state index is 0.0496. The summed E-state index contributed by atoms with van der Waals surface area (Å²) in [6, 6.07) is 12.7. The summed E-state index contributed by atoms with van der Waals surface area (Å²) in [5.41, 5.74) is 9.45. The molecule has 1 saturated heterocycles. The third-order valence-electron chi connectivity index (χ3n) is 4.77. The summed E-state index contributed by atoms with van der Waals surface area (Å²) >= 11 is 0. The Morgan fingerprint density at radius 1 is 1.14 bits per heavy atom. The van der Waals surface area contributed by atoms with E-state index in [9.17, 15) is 5.11 Å². The number of anilines is 4. The number of hydrogen-bond donors (Lipinski definition) is 3. The van der Waals surface area contributed by atoms with E-state index in [0.717, 1.165) is 35.8 Å². The van der Waals surface area contributed by atoms with Gasteiger partial charge in [-0.05, 0) is 36.4 Å². The molecule has 0 amide bonds. The zero-order valence-corrected chi connectivity index (χ0v) is 16.1. The highest BCUT2D eigenvalue weighted by Crippen LogP contribution is 2.33. The van der Waals surface area contributed by atoms with Crippen molar-refractivity contribution in [1.82, 2.24) is 9.97 Å². The van der Waals surface area contributed by atoms with Crippen molar-refractivity contribution >= 4 is 23.0 Å². The lowest BCUT2D eigenvalue weighted by Crippen LogP contribution is -2.36. The number of aromatic nitrogens is 2. The van der Waals surface area contributed by atoms with Gasteiger partial charge < -0.3 is 30.5 Å². The molecule has 0 saturated carbocycles. The Kier molecular flexibility index (Phi) is 5.35. The Morgan fingerprint density at radius 2 is 1.97 bits per heavy atom. The number of morpholine rings is 1. The van der Waals surface area contributed by atoms with Crippen molar-refractivity contribution in [3.8, 4) is 22.8 Å². The van der Waals surface area contributed by atoms with E-state index in [-0.39, 0.29) is 5.75 Å². The van der Waals surface area contributed by atoms with Crippen LogP contribution in [0.4, 0.5) is 23.0 Å². The van der Waals surface area contributed by atoms with Crippen LogP contribution < -0.4 is 20.7 Å². The minimum Gasteiger partial charge on any atom is -0.506 e. The zero-order valence-electron chi connectivity index (χ0n) is 16.1. The molecule has 2 heterocycles. The maximum Gasteiger partial charge on any atom is 0.227 e. The average Bonchev–Trinajstić information content (AvgIpc) is 2.76. The molecule has 3 aromatic rings.